The van der Waals surface area contributed by atoms with E-state index in [0.717, 1.165) is 18.5 Å². The molecule has 0 unspecified atom stereocenters. The van der Waals surface area contributed by atoms with Crippen LogP contribution in [0.5, 0.6) is 0 Å². The van der Waals surface area contributed by atoms with Crippen LogP contribution in [0.1, 0.15) is 19.8 Å². The van der Waals surface area contributed by atoms with Crippen molar-refractivity contribution < 1.29 is 8.42 Å². The van der Waals surface area contributed by atoms with Gasteiger partial charge in [0.25, 0.3) is 0 Å². The molecule has 2 atom stereocenters. The summed E-state index contributed by atoms with van der Waals surface area (Å²) in [5.74, 6) is 0.387. The molecule has 1 fully saturated rings. The SMILES string of the molecule is CCC[C@@H]1CN(S(=O)(=O)c2ccc(-n3cccn3)cc2)C[C@H]1N(C)C. The summed E-state index contributed by atoms with van der Waals surface area (Å²) in [6.45, 7) is 3.30. The number of aromatic nitrogens is 2. The summed E-state index contributed by atoms with van der Waals surface area (Å²) < 4.78 is 29.4. The monoisotopic (exact) mass is 362 g/mol. The van der Waals surface area contributed by atoms with Crippen LogP contribution in [-0.4, -0.2) is 60.6 Å². The second kappa shape index (κ2) is 7.27. The van der Waals surface area contributed by atoms with Crippen molar-refractivity contribution in [2.45, 2.75) is 30.7 Å². The zero-order valence-electron chi connectivity index (χ0n) is 15.0. The van der Waals surface area contributed by atoms with Crippen LogP contribution in [0.4, 0.5) is 0 Å². The van der Waals surface area contributed by atoms with Crippen LogP contribution in [0.25, 0.3) is 5.69 Å². The van der Waals surface area contributed by atoms with E-state index in [1.807, 2.05) is 26.4 Å². The van der Waals surface area contributed by atoms with Gasteiger partial charge >= 0.3 is 0 Å². The van der Waals surface area contributed by atoms with Gasteiger partial charge in [-0.2, -0.15) is 9.40 Å². The minimum Gasteiger partial charge on any atom is -0.305 e. The van der Waals surface area contributed by atoms with Gasteiger partial charge in [-0.3, -0.25) is 0 Å². The number of hydrogen-bond acceptors (Lipinski definition) is 4. The summed E-state index contributed by atoms with van der Waals surface area (Å²) in [6, 6.07) is 9.04. The largest absolute Gasteiger partial charge is 0.305 e. The van der Waals surface area contributed by atoms with Gasteiger partial charge in [0.05, 0.1) is 10.6 Å². The summed E-state index contributed by atoms with van der Waals surface area (Å²) in [5, 5.41) is 4.17. The highest BCUT2D eigenvalue weighted by Crippen LogP contribution is 2.29. The first-order chi connectivity index (χ1) is 11.9. The fourth-order valence-corrected chi connectivity index (χ4v) is 5.11. The maximum Gasteiger partial charge on any atom is 0.243 e. The minimum absolute atomic E-state index is 0.276. The van der Waals surface area contributed by atoms with Crippen LogP contribution in [-0.2, 0) is 10.0 Å². The first-order valence-electron chi connectivity index (χ1n) is 8.70. The van der Waals surface area contributed by atoms with Gasteiger partial charge in [-0.25, -0.2) is 13.1 Å². The Morgan fingerprint density at radius 1 is 1.20 bits per heavy atom. The van der Waals surface area contributed by atoms with Gasteiger partial charge in [-0.05, 0) is 56.8 Å². The van der Waals surface area contributed by atoms with Crippen LogP contribution < -0.4 is 0 Å². The third kappa shape index (κ3) is 3.63. The van der Waals surface area contributed by atoms with Gasteiger partial charge in [0.2, 0.25) is 10.0 Å². The molecule has 3 rings (SSSR count). The molecular formula is C18H26N4O2S. The third-order valence-corrected chi connectivity index (χ3v) is 6.79. The van der Waals surface area contributed by atoms with Gasteiger partial charge in [0.15, 0.2) is 0 Å². The average Bonchev–Trinajstić information content (AvgIpc) is 3.25. The molecule has 0 radical (unpaired) electrons. The van der Waals surface area contributed by atoms with Crippen molar-refractivity contribution in [2.75, 3.05) is 27.2 Å². The van der Waals surface area contributed by atoms with Crippen LogP contribution >= 0.6 is 0 Å². The number of nitrogens with zero attached hydrogens (tertiary/aromatic N) is 4. The normalized spacial score (nSPS) is 21.9. The molecule has 0 spiro atoms. The Hall–Kier alpha value is -1.70. The number of likely N-dealkylation sites (N-methyl/N-ethyl adjacent to an activating group) is 1. The number of benzene rings is 1. The van der Waals surface area contributed by atoms with Crippen molar-refractivity contribution in [1.29, 1.82) is 0 Å². The average molecular weight is 362 g/mol. The van der Waals surface area contributed by atoms with Crippen LogP contribution in [0.15, 0.2) is 47.6 Å². The molecule has 0 saturated carbocycles. The lowest BCUT2D eigenvalue weighted by Crippen LogP contribution is -2.36. The predicted octanol–water partition coefficient (Wildman–Crippen LogP) is 2.22. The summed E-state index contributed by atoms with van der Waals surface area (Å²) in [6.07, 6.45) is 5.65. The van der Waals surface area contributed by atoms with E-state index in [0.29, 0.717) is 23.9 Å². The maximum atomic E-state index is 13.0. The second-order valence-corrected chi connectivity index (χ2v) is 8.78. The fraction of sp³-hybridized carbons (Fsp3) is 0.500. The van der Waals surface area contributed by atoms with E-state index >= 15 is 0 Å². The molecule has 2 heterocycles. The van der Waals surface area contributed by atoms with Crippen LogP contribution in [0.2, 0.25) is 0 Å². The van der Waals surface area contributed by atoms with Gasteiger partial charge in [-0.15, -0.1) is 0 Å². The lowest BCUT2D eigenvalue weighted by Gasteiger charge is -2.24. The third-order valence-electron chi connectivity index (χ3n) is 4.94. The first kappa shape index (κ1) is 18.1. The molecule has 1 saturated heterocycles. The van der Waals surface area contributed by atoms with Gasteiger partial charge in [0, 0.05) is 31.5 Å². The van der Waals surface area contributed by atoms with E-state index in [9.17, 15) is 8.42 Å². The number of sulfonamides is 1. The Morgan fingerprint density at radius 3 is 2.48 bits per heavy atom. The Labute approximate surface area is 150 Å². The molecule has 1 aliphatic rings. The van der Waals surface area contributed by atoms with E-state index in [2.05, 4.69) is 16.9 Å². The zero-order valence-corrected chi connectivity index (χ0v) is 15.9. The van der Waals surface area contributed by atoms with E-state index in [-0.39, 0.29) is 6.04 Å². The summed E-state index contributed by atoms with van der Waals surface area (Å²) >= 11 is 0. The molecule has 1 aliphatic heterocycles. The summed E-state index contributed by atoms with van der Waals surface area (Å²) in [4.78, 5) is 2.49. The van der Waals surface area contributed by atoms with Crippen molar-refractivity contribution in [2.24, 2.45) is 5.92 Å². The highest BCUT2D eigenvalue weighted by molar-refractivity contribution is 7.89. The molecule has 25 heavy (non-hydrogen) atoms. The van der Waals surface area contributed by atoms with Crippen molar-refractivity contribution in [1.82, 2.24) is 19.0 Å². The maximum absolute atomic E-state index is 13.0. The van der Waals surface area contributed by atoms with Crippen molar-refractivity contribution in [3.05, 3.63) is 42.7 Å². The lowest BCUT2D eigenvalue weighted by molar-refractivity contribution is 0.244. The lowest BCUT2D eigenvalue weighted by atomic mass is 9.98. The topological polar surface area (TPSA) is 58.4 Å². The number of rotatable bonds is 6. The second-order valence-electron chi connectivity index (χ2n) is 6.85. The van der Waals surface area contributed by atoms with E-state index in [1.165, 1.54) is 0 Å². The van der Waals surface area contributed by atoms with Crippen LogP contribution in [0, 0.1) is 5.92 Å². The quantitative estimate of drug-likeness (QED) is 0.791. The van der Waals surface area contributed by atoms with Crippen LogP contribution in [0.3, 0.4) is 0 Å². The standard InChI is InChI=1S/C18H26N4O2S/c1-4-6-15-13-21(14-18(15)20(2)3)25(23,24)17-9-7-16(8-10-17)22-12-5-11-19-22/h5,7-12,15,18H,4,6,13-14H2,1-3H3/t15-,18-/m1/s1. The predicted molar refractivity (Wildman–Crippen MR) is 98.2 cm³/mol. The van der Waals surface area contributed by atoms with E-state index in [4.69, 9.17) is 0 Å². The first-order valence-corrected chi connectivity index (χ1v) is 10.1. The highest BCUT2D eigenvalue weighted by atomic mass is 32.2. The zero-order chi connectivity index (χ0) is 18.0. The molecule has 7 heteroatoms. The summed E-state index contributed by atoms with van der Waals surface area (Å²) in [7, 11) is 0.595. The van der Waals surface area contributed by atoms with Crippen molar-refractivity contribution >= 4 is 10.0 Å². The van der Waals surface area contributed by atoms with Gasteiger partial charge in [0.1, 0.15) is 0 Å². The fourth-order valence-electron chi connectivity index (χ4n) is 3.59. The van der Waals surface area contributed by atoms with Gasteiger partial charge in [-0.1, -0.05) is 13.3 Å². The molecule has 6 nitrogen and oxygen atoms in total. The molecule has 136 valence electrons. The van der Waals surface area contributed by atoms with E-state index < -0.39 is 10.0 Å². The minimum atomic E-state index is -3.46. The Bertz CT molecular complexity index is 785. The molecule has 0 bridgehead atoms. The molecule has 2 aromatic rings. The van der Waals surface area contributed by atoms with Crippen molar-refractivity contribution in [3.8, 4) is 5.69 Å². The molecule has 0 amide bonds. The molecular weight excluding hydrogens is 336 g/mol. The molecule has 0 N–H and O–H groups in total. The number of hydrogen-bond donors (Lipinski definition) is 0. The summed E-state index contributed by atoms with van der Waals surface area (Å²) in [5.41, 5.74) is 0.848. The molecule has 0 aliphatic carbocycles. The smallest absolute Gasteiger partial charge is 0.243 e. The Balaban J connectivity index is 1.82. The van der Waals surface area contributed by atoms with Gasteiger partial charge < -0.3 is 4.90 Å². The highest BCUT2D eigenvalue weighted by Gasteiger charge is 2.39. The molecule has 1 aromatic carbocycles. The van der Waals surface area contributed by atoms with E-state index in [1.54, 1.807) is 39.4 Å². The Kier molecular flexibility index (Phi) is 5.27. The van der Waals surface area contributed by atoms with Crippen molar-refractivity contribution in [3.63, 3.8) is 0 Å². The molecule has 1 aromatic heterocycles. The Morgan fingerprint density at radius 2 is 1.92 bits per heavy atom.